The van der Waals surface area contributed by atoms with E-state index in [1.807, 2.05) is 30.9 Å². The van der Waals surface area contributed by atoms with Crippen LogP contribution >= 0.6 is 11.6 Å². The van der Waals surface area contributed by atoms with Crippen molar-refractivity contribution in [1.82, 2.24) is 4.90 Å². The molecule has 0 fully saturated rings. The lowest BCUT2D eigenvalue weighted by molar-refractivity contribution is -0.117. The van der Waals surface area contributed by atoms with Gasteiger partial charge in [0.25, 0.3) is 0 Å². The summed E-state index contributed by atoms with van der Waals surface area (Å²) in [6, 6.07) is 5.44. The van der Waals surface area contributed by atoms with Crippen LogP contribution in [0.25, 0.3) is 0 Å². The Balaban J connectivity index is 2.55. The molecule has 4 nitrogen and oxygen atoms in total. The van der Waals surface area contributed by atoms with Crippen LogP contribution in [0.4, 0.5) is 5.69 Å². The predicted octanol–water partition coefficient (Wildman–Crippen LogP) is 2.29. The third-order valence-corrected chi connectivity index (χ3v) is 3.19. The number of aliphatic hydroxyl groups is 1. The molecule has 0 bridgehead atoms. The highest BCUT2D eigenvalue weighted by Gasteiger charge is 2.10. The van der Waals surface area contributed by atoms with Crippen LogP contribution < -0.4 is 5.32 Å². The molecule has 1 rings (SSSR count). The first-order valence-electron chi connectivity index (χ1n) is 6.46. The van der Waals surface area contributed by atoms with Gasteiger partial charge in [0.1, 0.15) is 0 Å². The SMILES string of the molecule is CCCN(CCO)CC(=O)Nc1ccc(C)c(Cl)c1. The van der Waals surface area contributed by atoms with Gasteiger partial charge in [-0.15, -0.1) is 0 Å². The molecule has 1 amide bonds. The molecule has 0 atom stereocenters. The largest absolute Gasteiger partial charge is 0.395 e. The molecule has 1 aromatic rings. The van der Waals surface area contributed by atoms with Gasteiger partial charge in [-0.2, -0.15) is 0 Å². The van der Waals surface area contributed by atoms with Gasteiger partial charge in [0.15, 0.2) is 0 Å². The number of aryl methyl sites for hydroxylation is 1. The van der Waals surface area contributed by atoms with Crippen molar-refractivity contribution in [2.45, 2.75) is 20.3 Å². The summed E-state index contributed by atoms with van der Waals surface area (Å²) in [5.41, 5.74) is 1.67. The summed E-state index contributed by atoms with van der Waals surface area (Å²) in [5.74, 6) is -0.0955. The van der Waals surface area contributed by atoms with Crippen LogP contribution in [0.1, 0.15) is 18.9 Å². The molecule has 0 spiro atoms. The van der Waals surface area contributed by atoms with Gasteiger partial charge >= 0.3 is 0 Å². The molecule has 19 heavy (non-hydrogen) atoms. The number of amides is 1. The Kier molecular flexibility index (Phi) is 6.84. The van der Waals surface area contributed by atoms with E-state index in [-0.39, 0.29) is 19.1 Å². The van der Waals surface area contributed by atoms with Crippen molar-refractivity contribution in [3.05, 3.63) is 28.8 Å². The zero-order valence-electron chi connectivity index (χ0n) is 11.4. The molecular formula is C14H21ClN2O2. The summed E-state index contributed by atoms with van der Waals surface area (Å²) >= 11 is 6.01. The van der Waals surface area contributed by atoms with E-state index in [4.69, 9.17) is 16.7 Å². The second-order valence-corrected chi connectivity index (χ2v) is 4.92. The zero-order chi connectivity index (χ0) is 14.3. The molecule has 0 radical (unpaired) electrons. The van der Waals surface area contributed by atoms with Crippen LogP contribution in [0.15, 0.2) is 18.2 Å². The maximum Gasteiger partial charge on any atom is 0.238 e. The van der Waals surface area contributed by atoms with Gasteiger partial charge in [0, 0.05) is 17.3 Å². The van der Waals surface area contributed by atoms with Crippen molar-refractivity contribution < 1.29 is 9.90 Å². The maximum absolute atomic E-state index is 11.9. The second-order valence-electron chi connectivity index (χ2n) is 4.51. The zero-order valence-corrected chi connectivity index (χ0v) is 12.2. The van der Waals surface area contributed by atoms with Crippen LogP contribution in [0.3, 0.4) is 0 Å². The third-order valence-electron chi connectivity index (χ3n) is 2.78. The molecule has 0 heterocycles. The first-order chi connectivity index (χ1) is 9.06. The predicted molar refractivity (Wildman–Crippen MR) is 78.6 cm³/mol. The van der Waals surface area contributed by atoms with Crippen LogP contribution in [-0.2, 0) is 4.79 Å². The lowest BCUT2D eigenvalue weighted by Crippen LogP contribution is -2.35. The van der Waals surface area contributed by atoms with Gasteiger partial charge in [-0.05, 0) is 37.6 Å². The van der Waals surface area contributed by atoms with Gasteiger partial charge in [-0.25, -0.2) is 0 Å². The minimum atomic E-state index is -0.0955. The average molecular weight is 285 g/mol. The van der Waals surface area contributed by atoms with E-state index < -0.39 is 0 Å². The summed E-state index contributed by atoms with van der Waals surface area (Å²) in [4.78, 5) is 13.8. The molecule has 0 unspecified atom stereocenters. The Hall–Kier alpha value is -1.10. The van der Waals surface area contributed by atoms with Crippen molar-refractivity contribution in [3.63, 3.8) is 0 Å². The molecule has 5 heteroatoms. The number of carbonyl (C=O) groups excluding carboxylic acids is 1. The number of benzene rings is 1. The summed E-state index contributed by atoms with van der Waals surface area (Å²) in [6.07, 6.45) is 0.948. The van der Waals surface area contributed by atoms with Crippen molar-refractivity contribution >= 4 is 23.2 Å². The van der Waals surface area contributed by atoms with Gasteiger partial charge in [0.2, 0.25) is 5.91 Å². The molecular weight excluding hydrogens is 264 g/mol. The summed E-state index contributed by atoms with van der Waals surface area (Å²) in [7, 11) is 0. The highest BCUT2D eigenvalue weighted by Crippen LogP contribution is 2.19. The lowest BCUT2D eigenvalue weighted by atomic mass is 10.2. The van der Waals surface area contributed by atoms with Gasteiger partial charge in [-0.3, -0.25) is 9.69 Å². The number of rotatable bonds is 7. The van der Waals surface area contributed by atoms with Gasteiger partial charge in [-0.1, -0.05) is 24.6 Å². The quantitative estimate of drug-likeness (QED) is 0.808. The number of carbonyl (C=O) groups is 1. The van der Waals surface area contributed by atoms with Crippen molar-refractivity contribution in [1.29, 1.82) is 0 Å². The standard InChI is InChI=1S/C14H21ClN2O2/c1-3-6-17(7-8-18)10-14(19)16-12-5-4-11(2)13(15)9-12/h4-5,9,18H,3,6-8,10H2,1-2H3,(H,16,19). The van der Waals surface area contributed by atoms with Crippen molar-refractivity contribution in [3.8, 4) is 0 Å². The average Bonchev–Trinajstić information content (AvgIpc) is 2.34. The Morgan fingerprint density at radius 2 is 2.16 bits per heavy atom. The normalized spacial score (nSPS) is 10.8. The maximum atomic E-state index is 11.9. The number of halogens is 1. The summed E-state index contributed by atoms with van der Waals surface area (Å²) in [5, 5.41) is 12.4. The van der Waals surface area contributed by atoms with E-state index in [0.29, 0.717) is 17.3 Å². The molecule has 2 N–H and O–H groups in total. The first-order valence-corrected chi connectivity index (χ1v) is 6.83. The fourth-order valence-corrected chi connectivity index (χ4v) is 1.98. The number of hydrogen-bond acceptors (Lipinski definition) is 3. The second kappa shape index (κ2) is 8.15. The fourth-order valence-electron chi connectivity index (χ4n) is 1.80. The van der Waals surface area contributed by atoms with Crippen LogP contribution in [-0.4, -0.2) is 42.2 Å². The molecule has 0 aliphatic carbocycles. The number of aliphatic hydroxyl groups excluding tert-OH is 1. The van der Waals surface area contributed by atoms with Crippen LogP contribution in [0.5, 0.6) is 0 Å². The van der Waals surface area contributed by atoms with E-state index in [1.54, 1.807) is 6.07 Å². The molecule has 0 aliphatic rings. The monoisotopic (exact) mass is 284 g/mol. The van der Waals surface area contributed by atoms with E-state index in [1.165, 1.54) is 0 Å². The number of nitrogens with one attached hydrogen (secondary N) is 1. The minimum Gasteiger partial charge on any atom is -0.395 e. The van der Waals surface area contributed by atoms with E-state index >= 15 is 0 Å². The van der Waals surface area contributed by atoms with Crippen LogP contribution in [0, 0.1) is 6.92 Å². The summed E-state index contributed by atoms with van der Waals surface area (Å²) < 4.78 is 0. The van der Waals surface area contributed by atoms with E-state index in [2.05, 4.69) is 5.32 Å². The highest BCUT2D eigenvalue weighted by atomic mass is 35.5. The first kappa shape index (κ1) is 16.0. The molecule has 0 saturated carbocycles. The Morgan fingerprint density at radius 1 is 1.42 bits per heavy atom. The van der Waals surface area contributed by atoms with Gasteiger partial charge < -0.3 is 10.4 Å². The smallest absolute Gasteiger partial charge is 0.238 e. The Labute approximate surface area is 119 Å². The Morgan fingerprint density at radius 3 is 2.74 bits per heavy atom. The molecule has 0 saturated heterocycles. The third kappa shape index (κ3) is 5.59. The molecule has 0 aromatic heterocycles. The fraction of sp³-hybridized carbons (Fsp3) is 0.500. The number of anilines is 1. The van der Waals surface area contributed by atoms with E-state index in [0.717, 1.165) is 18.5 Å². The minimum absolute atomic E-state index is 0.0592. The highest BCUT2D eigenvalue weighted by molar-refractivity contribution is 6.31. The molecule has 1 aromatic carbocycles. The van der Waals surface area contributed by atoms with Crippen LogP contribution in [0.2, 0.25) is 5.02 Å². The topological polar surface area (TPSA) is 52.6 Å². The summed E-state index contributed by atoms with van der Waals surface area (Å²) in [6.45, 7) is 5.60. The van der Waals surface area contributed by atoms with Gasteiger partial charge in [0.05, 0.1) is 13.2 Å². The number of nitrogens with zero attached hydrogens (tertiary/aromatic N) is 1. The lowest BCUT2D eigenvalue weighted by Gasteiger charge is -2.19. The molecule has 0 aliphatic heterocycles. The van der Waals surface area contributed by atoms with Crippen molar-refractivity contribution in [2.75, 3.05) is 31.6 Å². The van der Waals surface area contributed by atoms with Crippen molar-refractivity contribution in [2.24, 2.45) is 0 Å². The number of hydrogen-bond donors (Lipinski definition) is 2. The Bertz CT molecular complexity index is 418. The van der Waals surface area contributed by atoms with E-state index in [9.17, 15) is 4.79 Å². The molecule has 106 valence electrons.